The van der Waals surface area contributed by atoms with E-state index in [1.807, 2.05) is 0 Å². The predicted molar refractivity (Wildman–Crippen MR) is 119 cm³/mol. The summed E-state index contributed by atoms with van der Waals surface area (Å²) in [7, 11) is 0. The molecule has 0 fully saturated rings. The van der Waals surface area contributed by atoms with E-state index in [1.165, 1.54) is 12.1 Å². The molecule has 0 aliphatic rings. The van der Waals surface area contributed by atoms with Crippen LogP contribution in [0.25, 0.3) is 6.08 Å². The van der Waals surface area contributed by atoms with E-state index in [0.29, 0.717) is 12.1 Å². The summed E-state index contributed by atoms with van der Waals surface area (Å²) in [6.45, 7) is 10.2. The number of nitrogens with two attached hydrogens (primary N) is 1. The number of hydrogen-bond donors (Lipinski definition) is 5. The first kappa shape index (κ1) is 26.8. The van der Waals surface area contributed by atoms with Crippen LogP contribution >= 0.6 is 0 Å². The molecule has 0 unspecified atom stereocenters. The topological polar surface area (TPSA) is 150 Å². The summed E-state index contributed by atoms with van der Waals surface area (Å²) in [5.41, 5.74) is 6.09. The lowest BCUT2D eigenvalue weighted by molar-refractivity contribution is -0.116. The van der Waals surface area contributed by atoms with E-state index in [2.05, 4.69) is 30.8 Å². The summed E-state index contributed by atoms with van der Waals surface area (Å²) in [5, 5.41) is 29.3. The van der Waals surface area contributed by atoms with Crippen LogP contribution in [0, 0.1) is 0 Å². The average Bonchev–Trinajstić information content (AvgIpc) is 2.77. The average molecular weight is 426 g/mol. The van der Waals surface area contributed by atoms with Gasteiger partial charge in [0.05, 0.1) is 12.2 Å². The van der Waals surface area contributed by atoms with Gasteiger partial charge in [0, 0.05) is 18.2 Å². The fourth-order valence-electron chi connectivity index (χ4n) is 1.89. The molecule has 8 heteroatoms. The van der Waals surface area contributed by atoms with Gasteiger partial charge >= 0.3 is 0 Å². The van der Waals surface area contributed by atoms with Gasteiger partial charge < -0.3 is 26.4 Å². The molecule has 0 radical (unpaired) electrons. The highest BCUT2D eigenvalue weighted by Gasteiger charge is 2.13. The highest BCUT2D eigenvalue weighted by Crippen LogP contribution is 2.25. The molecule has 8 nitrogen and oxygen atoms in total. The maximum absolute atomic E-state index is 12.1. The predicted octanol–water partition coefficient (Wildman–Crippen LogP) is 1.91. The van der Waals surface area contributed by atoms with Gasteiger partial charge in [-0.1, -0.05) is 50.1 Å². The monoisotopic (exact) mass is 426 g/mol. The van der Waals surface area contributed by atoms with Crippen molar-refractivity contribution in [2.45, 2.75) is 0 Å². The van der Waals surface area contributed by atoms with Crippen LogP contribution in [0.5, 0.6) is 11.5 Å². The Morgan fingerprint density at radius 3 is 1.97 bits per heavy atom. The van der Waals surface area contributed by atoms with Crippen LogP contribution in [0.4, 0.5) is 0 Å². The van der Waals surface area contributed by atoms with Crippen LogP contribution in [-0.2, 0) is 9.59 Å². The quantitative estimate of drug-likeness (QED) is 0.337. The Labute approximate surface area is 180 Å². The molecular weight excluding hydrogens is 400 g/mol. The fourth-order valence-corrected chi connectivity index (χ4v) is 1.89. The van der Waals surface area contributed by atoms with Gasteiger partial charge in [0.1, 0.15) is 11.5 Å². The summed E-state index contributed by atoms with van der Waals surface area (Å²) < 4.78 is 0. The summed E-state index contributed by atoms with van der Waals surface area (Å²) in [5.74, 6) is -1.33. The molecule has 0 saturated carbocycles. The van der Waals surface area contributed by atoms with E-state index in [4.69, 9.17) is 5.11 Å². The number of amides is 2. The Morgan fingerprint density at radius 2 is 1.55 bits per heavy atom. The van der Waals surface area contributed by atoms with Crippen molar-refractivity contribution in [1.29, 1.82) is 0 Å². The largest absolute Gasteiger partial charge is 0.508 e. The first-order chi connectivity index (χ1) is 14.7. The van der Waals surface area contributed by atoms with Crippen molar-refractivity contribution in [1.82, 2.24) is 5.32 Å². The molecule has 31 heavy (non-hydrogen) atoms. The van der Waals surface area contributed by atoms with Crippen molar-refractivity contribution >= 4 is 23.7 Å². The minimum absolute atomic E-state index is 0.0282. The van der Waals surface area contributed by atoms with Gasteiger partial charge in [-0.15, -0.1) is 0 Å². The molecule has 6 N–H and O–H groups in total. The number of phenolic OH excluding ortho intramolecular Hbond substituents is 2. The Balaban J connectivity index is 0.000000576. The van der Waals surface area contributed by atoms with Gasteiger partial charge in [-0.25, -0.2) is 0 Å². The van der Waals surface area contributed by atoms with Crippen LogP contribution < -0.4 is 11.1 Å². The third-order valence-corrected chi connectivity index (χ3v) is 3.43. The van der Waals surface area contributed by atoms with Crippen LogP contribution in [0.2, 0.25) is 0 Å². The third kappa shape index (κ3) is 10.8. The Bertz CT molecular complexity index is 920. The van der Waals surface area contributed by atoms with Crippen LogP contribution in [0.1, 0.15) is 21.5 Å². The zero-order valence-electron chi connectivity index (χ0n) is 17.0. The van der Waals surface area contributed by atoms with Crippen molar-refractivity contribution in [3.8, 4) is 11.5 Å². The van der Waals surface area contributed by atoms with Gasteiger partial charge in [-0.2, -0.15) is 0 Å². The normalized spacial score (nSPS) is 8.94. The Morgan fingerprint density at radius 1 is 0.968 bits per heavy atom. The minimum Gasteiger partial charge on any atom is -0.508 e. The zero-order chi connectivity index (χ0) is 23.8. The van der Waals surface area contributed by atoms with E-state index < -0.39 is 5.91 Å². The third-order valence-electron chi connectivity index (χ3n) is 3.43. The van der Waals surface area contributed by atoms with E-state index >= 15 is 0 Å². The number of primary amides is 1. The maximum atomic E-state index is 12.1. The molecule has 2 amide bonds. The van der Waals surface area contributed by atoms with Crippen molar-refractivity contribution in [2.75, 3.05) is 13.2 Å². The SMILES string of the molecule is C=CC(=O)NCCO.C=CC(N)=O.C=Cc1ccc(C(=O)c2ccc(O)cc2O)cc1. The van der Waals surface area contributed by atoms with Gasteiger partial charge in [0.15, 0.2) is 5.78 Å². The number of carbonyl (C=O) groups excluding carboxylic acids is 3. The zero-order valence-corrected chi connectivity index (χ0v) is 17.0. The minimum atomic E-state index is -0.481. The van der Waals surface area contributed by atoms with E-state index in [-0.39, 0.29) is 35.4 Å². The molecule has 0 bridgehead atoms. The number of ketones is 1. The molecule has 0 atom stereocenters. The van der Waals surface area contributed by atoms with Crippen LogP contribution in [0.3, 0.4) is 0 Å². The second-order valence-corrected chi connectivity index (χ2v) is 5.68. The number of aromatic hydroxyl groups is 2. The van der Waals surface area contributed by atoms with Gasteiger partial charge in [-0.3, -0.25) is 14.4 Å². The highest BCUT2D eigenvalue weighted by atomic mass is 16.3. The van der Waals surface area contributed by atoms with E-state index in [1.54, 1.807) is 30.3 Å². The molecular formula is C23H26N2O6. The van der Waals surface area contributed by atoms with Crippen molar-refractivity contribution in [2.24, 2.45) is 5.73 Å². The lowest BCUT2D eigenvalue weighted by Gasteiger charge is -2.04. The first-order valence-corrected chi connectivity index (χ1v) is 8.92. The van der Waals surface area contributed by atoms with Crippen molar-refractivity contribution in [3.05, 3.63) is 91.0 Å². The number of hydrogen-bond acceptors (Lipinski definition) is 6. The van der Waals surface area contributed by atoms with E-state index in [0.717, 1.165) is 23.8 Å². The Hall–Kier alpha value is -4.17. The van der Waals surface area contributed by atoms with Crippen molar-refractivity contribution < 1.29 is 29.7 Å². The molecule has 0 saturated heterocycles. The molecule has 164 valence electrons. The number of carbonyl (C=O) groups is 3. The highest BCUT2D eigenvalue weighted by molar-refractivity contribution is 6.10. The van der Waals surface area contributed by atoms with Crippen LogP contribution in [0.15, 0.2) is 74.4 Å². The lowest BCUT2D eigenvalue weighted by atomic mass is 10.0. The van der Waals surface area contributed by atoms with Crippen molar-refractivity contribution in [3.63, 3.8) is 0 Å². The second kappa shape index (κ2) is 14.8. The first-order valence-electron chi connectivity index (χ1n) is 8.92. The van der Waals surface area contributed by atoms with Gasteiger partial charge in [0.2, 0.25) is 11.8 Å². The summed E-state index contributed by atoms with van der Waals surface area (Å²) in [6, 6.07) is 10.8. The molecule has 2 aromatic rings. The fraction of sp³-hybridized carbons (Fsp3) is 0.0870. The lowest BCUT2D eigenvalue weighted by Crippen LogP contribution is -2.23. The maximum Gasteiger partial charge on any atom is 0.243 e. The Kier molecular flexibility index (Phi) is 12.8. The van der Waals surface area contributed by atoms with Gasteiger partial charge in [-0.05, 0) is 29.8 Å². The number of rotatable bonds is 7. The molecule has 0 spiro atoms. The number of benzene rings is 2. The number of aliphatic hydroxyl groups excluding tert-OH is 1. The summed E-state index contributed by atoms with van der Waals surface area (Å²) >= 11 is 0. The summed E-state index contributed by atoms with van der Waals surface area (Å²) in [6.07, 6.45) is 3.90. The second-order valence-electron chi connectivity index (χ2n) is 5.68. The molecule has 0 aromatic heterocycles. The van der Waals surface area contributed by atoms with Crippen LogP contribution in [-0.4, -0.2) is 46.1 Å². The smallest absolute Gasteiger partial charge is 0.243 e. The number of nitrogens with one attached hydrogen (secondary N) is 1. The molecule has 0 heterocycles. The summed E-state index contributed by atoms with van der Waals surface area (Å²) in [4.78, 5) is 31.8. The van der Waals surface area contributed by atoms with E-state index in [9.17, 15) is 24.6 Å². The molecule has 2 rings (SSSR count). The molecule has 0 aliphatic heterocycles. The number of phenols is 2. The standard InChI is InChI=1S/C15H12O3.C5H9NO2.C3H5NO/c1-2-10-3-5-11(6-4-10)15(18)13-8-7-12(16)9-14(13)17;1-2-5(8)6-3-4-7;1-2-3(4)5/h2-9,16-17H,1H2;2,7H,1,3-4H2,(H,6,8);2H,1H2,(H2,4,5). The molecule has 2 aromatic carbocycles. The molecule has 0 aliphatic carbocycles. The van der Waals surface area contributed by atoms with Gasteiger partial charge in [0.25, 0.3) is 0 Å². The number of aliphatic hydroxyl groups is 1.